The third-order valence-corrected chi connectivity index (χ3v) is 5.18. The van der Waals surface area contributed by atoms with Crippen LogP contribution in [0.3, 0.4) is 0 Å². The number of β-amino-alcohol motifs (C(OH)–C–C–N with tert-alkyl or cyclic N) is 1. The largest absolute Gasteiger partial charge is 0.507 e. The summed E-state index contributed by atoms with van der Waals surface area (Å²) in [5, 5.41) is 20.4. The zero-order valence-electron chi connectivity index (χ0n) is 15.7. The van der Waals surface area contributed by atoms with Crippen molar-refractivity contribution in [2.45, 2.75) is 26.4 Å². The molecule has 1 saturated heterocycles. The maximum Gasteiger partial charge on any atom is 0.129 e. The van der Waals surface area contributed by atoms with Gasteiger partial charge in [0.05, 0.1) is 11.8 Å². The standard InChI is InChI=1S/C23H24N2O2/c1-15-7-8-22(27)20(11-15)21-12-17(19-6-4-3-5-16(19)2)13-23(24-21)25-10-9-18(26)14-25/h3-8,11-13,18,26-27H,9-10,14H2,1-2H3. The van der Waals surface area contributed by atoms with Gasteiger partial charge in [-0.05, 0) is 61.2 Å². The molecule has 1 fully saturated rings. The Balaban J connectivity index is 1.89. The fraction of sp³-hybridized carbons (Fsp3) is 0.261. The van der Waals surface area contributed by atoms with Crippen LogP contribution in [0.4, 0.5) is 5.82 Å². The number of benzene rings is 2. The molecule has 27 heavy (non-hydrogen) atoms. The fourth-order valence-electron chi connectivity index (χ4n) is 3.67. The molecule has 4 nitrogen and oxygen atoms in total. The molecule has 0 saturated carbocycles. The van der Waals surface area contributed by atoms with Crippen LogP contribution in [0.1, 0.15) is 17.5 Å². The summed E-state index contributed by atoms with van der Waals surface area (Å²) < 4.78 is 0. The number of hydrogen-bond donors (Lipinski definition) is 2. The summed E-state index contributed by atoms with van der Waals surface area (Å²) in [5.74, 6) is 1.06. The van der Waals surface area contributed by atoms with Crippen molar-refractivity contribution < 1.29 is 10.2 Å². The van der Waals surface area contributed by atoms with Gasteiger partial charge < -0.3 is 15.1 Å². The van der Waals surface area contributed by atoms with Gasteiger partial charge in [0.25, 0.3) is 0 Å². The highest BCUT2D eigenvalue weighted by molar-refractivity contribution is 5.78. The molecule has 138 valence electrons. The Bertz CT molecular complexity index is 984. The molecule has 4 rings (SSSR count). The summed E-state index contributed by atoms with van der Waals surface area (Å²) in [7, 11) is 0. The highest BCUT2D eigenvalue weighted by Crippen LogP contribution is 2.35. The zero-order valence-corrected chi connectivity index (χ0v) is 15.7. The first-order valence-electron chi connectivity index (χ1n) is 9.32. The molecular formula is C23H24N2O2. The van der Waals surface area contributed by atoms with E-state index in [4.69, 9.17) is 4.98 Å². The number of aryl methyl sites for hydroxylation is 2. The Kier molecular flexibility index (Phi) is 4.58. The van der Waals surface area contributed by atoms with Crippen molar-refractivity contribution in [3.8, 4) is 28.1 Å². The summed E-state index contributed by atoms with van der Waals surface area (Å²) in [4.78, 5) is 6.95. The number of anilines is 1. The quantitative estimate of drug-likeness (QED) is 0.731. The SMILES string of the molecule is Cc1ccc(O)c(-c2cc(-c3ccccc3C)cc(N3CCC(O)C3)n2)c1. The maximum absolute atomic E-state index is 10.4. The highest BCUT2D eigenvalue weighted by atomic mass is 16.3. The molecule has 4 heteroatoms. The zero-order chi connectivity index (χ0) is 19.0. The molecule has 0 spiro atoms. The first-order valence-corrected chi connectivity index (χ1v) is 9.32. The number of phenols is 1. The molecule has 1 aliphatic heterocycles. The van der Waals surface area contributed by atoms with E-state index in [0.717, 1.165) is 46.7 Å². The third kappa shape index (κ3) is 3.53. The van der Waals surface area contributed by atoms with Gasteiger partial charge in [0.1, 0.15) is 11.6 Å². The molecule has 0 bridgehead atoms. The van der Waals surface area contributed by atoms with Crippen LogP contribution in [-0.2, 0) is 0 Å². The second kappa shape index (κ2) is 7.05. The monoisotopic (exact) mass is 360 g/mol. The average Bonchev–Trinajstić information content (AvgIpc) is 3.10. The van der Waals surface area contributed by atoms with Crippen molar-refractivity contribution >= 4 is 5.82 Å². The average molecular weight is 360 g/mol. The predicted molar refractivity (Wildman–Crippen MR) is 109 cm³/mol. The number of aromatic nitrogens is 1. The smallest absolute Gasteiger partial charge is 0.129 e. The second-order valence-electron chi connectivity index (χ2n) is 7.32. The lowest BCUT2D eigenvalue weighted by atomic mass is 9.98. The number of rotatable bonds is 3. The molecule has 1 unspecified atom stereocenters. The second-order valence-corrected chi connectivity index (χ2v) is 7.32. The molecule has 1 atom stereocenters. The number of aliphatic hydroxyl groups is 1. The van der Waals surface area contributed by atoms with Crippen LogP contribution in [0.5, 0.6) is 5.75 Å². The van der Waals surface area contributed by atoms with Gasteiger partial charge in [-0.2, -0.15) is 0 Å². The lowest BCUT2D eigenvalue weighted by Crippen LogP contribution is -2.22. The lowest BCUT2D eigenvalue weighted by Gasteiger charge is -2.20. The van der Waals surface area contributed by atoms with E-state index in [1.165, 1.54) is 5.56 Å². The van der Waals surface area contributed by atoms with Gasteiger partial charge in [0.15, 0.2) is 0 Å². The Morgan fingerprint density at radius 3 is 2.56 bits per heavy atom. The molecule has 1 aromatic heterocycles. The van der Waals surface area contributed by atoms with Crippen LogP contribution in [0.25, 0.3) is 22.4 Å². The van der Waals surface area contributed by atoms with E-state index in [1.807, 2.05) is 37.3 Å². The third-order valence-electron chi connectivity index (χ3n) is 5.18. The summed E-state index contributed by atoms with van der Waals surface area (Å²) in [5.41, 5.74) is 5.95. The van der Waals surface area contributed by atoms with Gasteiger partial charge in [-0.3, -0.25) is 0 Å². The van der Waals surface area contributed by atoms with Crippen molar-refractivity contribution in [1.82, 2.24) is 4.98 Å². The number of pyridine rings is 1. The van der Waals surface area contributed by atoms with Crippen molar-refractivity contribution in [1.29, 1.82) is 0 Å². The summed E-state index contributed by atoms with van der Waals surface area (Å²) in [6.45, 7) is 5.47. The number of aliphatic hydroxyl groups excluding tert-OH is 1. The molecule has 0 amide bonds. The van der Waals surface area contributed by atoms with Crippen LogP contribution in [0, 0.1) is 13.8 Å². The maximum atomic E-state index is 10.4. The molecule has 2 aromatic carbocycles. The molecule has 0 radical (unpaired) electrons. The number of nitrogens with zero attached hydrogens (tertiary/aromatic N) is 2. The Morgan fingerprint density at radius 1 is 1.00 bits per heavy atom. The summed E-state index contributed by atoms with van der Waals surface area (Å²) >= 11 is 0. The normalized spacial score (nSPS) is 16.7. The van der Waals surface area contributed by atoms with Crippen LogP contribution in [0.2, 0.25) is 0 Å². The van der Waals surface area contributed by atoms with E-state index in [2.05, 4.69) is 30.0 Å². The van der Waals surface area contributed by atoms with Crippen LogP contribution < -0.4 is 4.90 Å². The van der Waals surface area contributed by atoms with E-state index in [-0.39, 0.29) is 11.9 Å². The first kappa shape index (κ1) is 17.6. The van der Waals surface area contributed by atoms with Crippen LogP contribution >= 0.6 is 0 Å². The Morgan fingerprint density at radius 2 is 1.81 bits per heavy atom. The Hall–Kier alpha value is -2.85. The highest BCUT2D eigenvalue weighted by Gasteiger charge is 2.23. The van der Waals surface area contributed by atoms with Gasteiger partial charge in [-0.15, -0.1) is 0 Å². The van der Waals surface area contributed by atoms with Gasteiger partial charge >= 0.3 is 0 Å². The number of aromatic hydroxyl groups is 1. The van der Waals surface area contributed by atoms with Gasteiger partial charge in [-0.1, -0.05) is 35.9 Å². The summed E-state index contributed by atoms with van der Waals surface area (Å²) in [6, 6.07) is 17.9. The van der Waals surface area contributed by atoms with Crippen molar-refractivity contribution in [3.63, 3.8) is 0 Å². The minimum absolute atomic E-state index is 0.224. The van der Waals surface area contributed by atoms with Crippen LogP contribution in [0.15, 0.2) is 54.6 Å². The molecular weight excluding hydrogens is 336 g/mol. The van der Waals surface area contributed by atoms with E-state index >= 15 is 0 Å². The van der Waals surface area contributed by atoms with E-state index in [0.29, 0.717) is 6.54 Å². The van der Waals surface area contributed by atoms with Crippen molar-refractivity contribution in [3.05, 3.63) is 65.7 Å². The minimum atomic E-state index is -0.315. The molecule has 0 aliphatic carbocycles. The van der Waals surface area contributed by atoms with Gasteiger partial charge in [0.2, 0.25) is 0 Å². The number of phenolic OH excluding ortho intramolecular Hbond substituents is 1. The topological polar surface area (TPSA) is 56.6 Å². The first-order chi connectivity index (χ1) is 13.0. The molecule has 3 aromatic rings. The summed E-state index contributed by atoms with van der Waals surface area (Å²) in [6.07, 6.45) is 0.436. The number of hydrogen-bond acceptors (Lipinski definition) is 4. The lowest BCUT2D eigenvalue weighted by molar-refractivity contribution is 0.198. The molecule has 2 N–H and O–H groups in total. The van der Waals surface area contributed by atoms with E-state index < -0.39 is 0 Å². The fourth-order valence-corrected chi connectivity index (χ4v) is 3.67. The van der Waals surface area contributed by atoms with Gasteiger partial charge in [0, 0.05) is 18.7 Å². The minimum Gasteiger partial charge on any atom is -0.507 e. The predicted octanol–water partition coefficient (Wildman–Crippen LogP) is 4.31. The molecule has 2 heterocycles. The van der Waals surface area contributed by atoms with E-state index in [9.17, 15) is 10.2 Å². The van der Waals surface area contributed by atoms with Crippen molar-refractivity contribution in [2.24, 2.45) is 0 Å². The Labute approximate surface area is 159 Å². The van der Waals surface area contributed by atoms with E-state index in [1.54, 1.807) is 6.07 Å². The van der Waals surface area contributed by atoms with Crippen LogP contribution in [-0.4, -0.2) is 34.4 Å². The van der Waals surface area contributed by atoms with Crippen molar-refractivity contribution in [2.75, 3.05) is 18.0 Å². The van der Waals surface area contributed by atoms with Gasteiger partial charge in [-0.25, -0.2) is 4.98 Å². The molecule has 1 aliphatic rings.